The second-order valence-corrected chi connectivity index (χ2v) is 4.00. The lowest BCUT2D eigenvalue weighted by atomic mass is 10.2. The smallest absolute Gasteiger partial charge is 0.274 e. The van der Waals surface area contributed by atoms with Crippen molar-refractivity contribution in [2.45, 2.75) is 13.0 Å². The molecule has 6 nitrogen and oxygen atoms in total. The van der Waals surface area contributed by atoms with Gasteiger partial charge in [-0.05, 0) is 6.92 Å². The molecule has 2 N–H and O–H groups in total. The Balaban J connectivity index is 2.18. The quantitative estimate of drug-likeness (QED) is 0.720. The average Bonchev–Trinajstić information content (AvgIpc) is 2.58. The number of aryl methyl sites for hydroxylation is 1. The van der Waals surface area contributed by atoms with E-state index in [0.717, 1.165) is 0 Å². The molecule has 0 spiro atoms. The predicted molar refractivity (Wildman–Crippen MR) is 58.9 cm³/mol. The van der Waals surface area contributed by atoms with Gasteiger partial charge in [-0.15, -0.1) is 0 Å². The SMILES string of the molecule is CC1CN(C(=O)c2c(N)cnn2C)CCO1. The van der Waals surface area contributed by atoms with Gasteiger partial charge in [0.05, 0.1) is 24.6 Å². The maximum atomic E-state index is 12.2. The minimum absolute atomic E-state index is 0.0761. The molecule has 0 aromatic carbocycles. The lowest BCUT2D eigenvalue weighted by Crippen LogP contribution is -2.45. The number of nitrogens with two attached hydrogens (primary N) is 1. The Morgan fingerprint density at radius 2 is 2.44 bits per heavy atom. The average molecular weight is 224 g/mol. The lowest BCUT2D eigenvalue weighted by Gasteiger charge is -2.31. The summed E-state index contributed by atoms with van der Waals surface area (Å²) >= 11 is 0. The topological polar surface area (TPSA) is 73.4 Å². The number of amides is 1. The molecule has 88 valence electrons. The molecule has 1 aromatic rings. The van der Waals surface area contributed by atoms with Gasteiger partial charge < -0.3 is 15.4 Å². The molecule has 1 saturated heterocycles. The lowest BCUT2D eigenvalue weighted by molar-refractivity contribution is -0.0127. The van der Waals surface area contributed by atoms with E-state index >= 15 is 0 Å². The summed E-state index contributed by atoms with van der Waals surface area (Å²) < 4.78 is 6.90. The van der Waals surface area contributed by atoms with Crippen LogP contribution in [0.25, 0.3) is 0 Å². The summed E-state index contributed by atoms with van der Waals surface area (Å²) in [5.41, 5.74) is 6.60. The molecule has 0 radical (unpaired) electrons. The van der Waals surface area contributed by atoms with Crippen LogP contribution in [-0.2, 0) is 11.8 Å². The van der Waals surface area contributed by atoms with Crippen LogP contribution in [0.15, 0.2) is 6.20 Å². The summed E-state index contributed by atoms with van der Waals surface area (Å²) in [4.78, 5) is 13.9. The zero-order chi connectivity index (χ0) is 11.7. The highest BCUT2D eigenvalue weighted by Gasteiger charge is 2.25. The zero-order valence-electron chi connectivity index (χ0n) is 9.51. The van der Waals surface area contributed by atoms with Crippen LogP contribution in [0, 0.1) is 0 Å². The Morgan fingerprint density at radius 3 is 3.00 bits per heavy atom. The molecule has 1 aliphatic rings. The van der Waals surface area contributed by atoms with E-state index in [0.29, 0.717) is 31.1 Å². The molecule has 0 bridgehead atoms. The molecule has 1 unspecified atom stereocenters. The first-order chi connectivity index (χ1) is 7.59. The summed E-state index contributed by atoms with van der Waals surface area (Å²) in [6, 6.07) is 0. The standard InChI is InChI=1S/C10H16N4O2/c1-7-6-14(3-4-16-7)10(15)9-8(11)5-12-13(9)2/h5,7H,3-4,6,11H2,1-2H3. The Kier molecular flexibility index (Phi) is 2.82. The van der Waals surface area contributed by atoms with E-state index in [1.54, 1.807) is 11.9 Å². The van der Waals surface area contributed by atoms with Crippen molar-refractivity contribution in [3.8, 4) is 0 Å². The van der Waals surface area contributed by atoms with E-state index in [2.05, 4.69) is 5.10 Å². The maximum absolute atomic E-state index is 12.2. The van der Waals surface area contributed by atoms with E-state index in [9.17, 15) is 4.79 Å². The number of morpholine rings is 1. The molecular weight excluding hydrogens is 208 g/mol. The number of hydrogen-bond acceptors (Lipinski definition) is 4. The van der Waals surface area contributed by atoms with Crippen molar-refractivity contribution in [1.82, 2.24) is 14.7 Å². The van der Waals surface area contributed by atoms with E-state index in [1.807, 2.05) is 6.92 Å². The summed E-state index contributed by atoms with van der Waals surface area (Å²) in [7, 11) is 1.72. The third kappa shape index (κ3) is 1.88. The number of carbonyl (C=O) groups is 1. The van der Waals surface area contributed by atoms with Crippen LogP contribution < -0.4 is 5.73 Å². The van der Waals surface area contributed by atoms with Crippen LogP contribution >= 0.6 is 0 Å². The summed E-state index contributed by atoms with van der Waals surface area (Å²) in [5, 5.41) is 3.96. The van der Waals surface area contributed by atoms with Crippen LogP contribution in [0.3, 0.4) is 0 Å². The summed E-state index contributed by atoms with van der Waals surface area (Å²) in [5.74, 6) is -0.0762. The maximum Gasteiger partial charge on any atom is 0.274 e. The van der Waals surface area contributed by atoms with Gasteiger partial charge in [-0.25, -0.2) is 0 Å². The van der Waals surface area contributed by atoms with E-state index in [1.165, 1.54) is 10.9 Å². The van der Waals surface area contributed by atoms with Crippen LogP contribution in [0.1, 0.15) is 17.4 Å². The molecule has 2 heterocycles. The van der Waals surface area contributed by atoms with Gasteiger partial charge in [-0.2, -0.15) is 5.10 Å². The monoisotopic (exact) mass is 224 g/mol. The van der Waals surface area contributed by atoms with Crippen molar-refractivity contribution >= 4 is 11.6 Å². The molecule has 1 atom stereocenters. The van der Waals surface area contributed by atoms with Crippen LogP contribution in [0.4, 0.5) is 5.69 Å². The predicted octanol–water partition coefficient (Wildman–Crippen LogP) is -0.137. The number of nitrogen functional groups attached to an aromatic ring is 1. The molecule has 1 amide bonds. The van der Waals surface area contributed by atoms with Crippen molar-refractivity contribution in [3.05, 3.63) is 11.9 Å². The number of ether oxygens (including phenoxy) is 1. The number of hydrogen-bond donors (Lipinski definition) is 1. The fourth-order valence-electron chi connectivity index (χ4n) is 1.87. The first kappa shape index (κ1) is 10.9. The highest BCUT2D eigenvalue weighted by molar-refractivity contribution is 5.97. The fraction of sp³-hybridized carbons (Fsp3) is 0.600. The van der Waals surface area contributed by atoms with Crippen molar-refractivity contribution in [2.75, 3.05) is 25.4 Å². The largest absolute Gasteiger partial charge is 0.396 e. The molecule has 1 aliphatic heterocycles. The number of anilines is 1. The van der Waals surface area contributed by atoms with Gasteiger partial charge in [0, 0.05) is 20.1 Å². The fourth-order valence-corrected chi connectivity index (χ4v) is 1.87. The van der Waals surface area contributed by atoms with Gasteiger partial charge in [0.25, 0.3) is 5.91 Å². The minimum Gasteiger partial charge on any atom is -0.396 e. The molecule has 6 heteroatoms. The first-order valence-electron chi connectivity index (χ1n) is 5.28. The normalized spacial score (nSPS) is 21.1. The van der Waals surface area contributed by atoms with Crippen molar-refractivity contribution < 1.29 is 9.53 Å². The van der Waals surface area contributed by atoms with Gasteiger partial charge in [0.15, 0.2) is 0 Å². The Labute approximate surface area is 94.0 Å². The highest BCUT2D eigenvalue weighted by atomic mass is 16.5. The summed E-state index contributed by atoms with van der Waals surface area (Å²) in [6.45, 7) is 3.73. The molecule has 1 aromatic heterocycles. The van der Waals surface area contributed by atoms with Crippen molar-refractivity contribution in [2.24, 2.45) is 7.05 Å². The van der Waals surface area contributed by atoms with Crippen molar-refractivity contribution in [1.29, 1.82) is 0 Å². The molecule has 16 heavy (non-hydrogen) atoms. The molecule has 1 fully saturated rings. The zero-order valence-corrected chi connectivity index (χ0v) is 9.51. The second-order valence-electron chi connectivity index (χ2n) is 4.00. The highest BCUT2D eigenvalue weighted by Crippen LogP contribution is 2.15. The molecular formula is C10H16N4O2. The molecule has 0 saturated carbocycles. The summed E-state index contributed by atoms with van der Waals surface area (Å²) in [6.07, 6.45) is 1.57. The van der Waals surface area contributed by atoms with Crippen LogP contribution in [0.5, 0.6) is 0 Å². The van der Waals surface area contributed by atoms with E-state index in [4.69, 9.17) is 10.5 Å². The Morgan fingerprint density at radius 1 is 1.69 bits per heavy atom. The first-order valence-corrected chi connectivity index (χ1v) is 5.28. The Bertz CT molecular complexity index is 382. The molecule has 2 rings (SSSR count). The Hall–Kier alpha value is -1.56. The van der Waals surface area contributed by atoms with Gasteiger partial charge >= 0.3 is 0 Å². The van der Waals surface area contributed by atoms with Gasteiger partial charge in [0.1, 0.15) is 5.69 Å². The third-order valence-corrected chi connectivity index (χ3v) is 2.70. The minimum atomic E-state index is -0.0762. The van der Waals surface area contributed by atoms with E-state index in [-0.39, 0.29) is 12.0 Å². The number of nitrogens with zero attached hydrogens (tertiary/aromatic N) is 3. The number of rotatable bonds is 1. The third-order valence-electron chi connectivity index (χ3n) is 2.70. The van der Waals surface area contributed by atoms with Gasteiger partial charge in [-0.3, -0.25) is 9.48 Å². The van der Waals surface area contributed by atoms with Gasteiger partial charge in [0.2, 0.25) is 0 Å². The van der Waals surface area contributed by atoms with Crippen LogP contribution in [-0.4, -0.2) is 46.4 Å². The number of aromatic nitrogens is 2. The van der Waals surface area contributed by atoms with Gasteiger partial charge in [-0.1, -0.05) is 0 Å². The van der Waals surface area contributed by atoms with Crippen LogP contribution in [0.2, 0.25) is 0 Å². The molecule has 0 aliphatic carbocycles. The van der Waals surface area contributed by atoms with E-state index < -0.39 is 0 Å². The van der Waals surface area contributed by atoms with Crippen molar-refractivity contribution in [3.63, 3.8) is 0 Å². The number of carbonyl (C=O) groups excluding carboxylic acids is 1. The second kappa shape index (κ2) is 4.13.